The van der Waals surface area contributed by atoms with E-state index in [1.165, 1.54) is 16.7 Å². The van der Waals surface area contributed by atoms with E-state index in [1.807, 2.05) is 0 Å². The summed E-state index contributed by atoms with van der Waals surface area (Å²) in [5, 5.41) is 2.83. The van der Waals surface area contributed by atoms with E-state index in [9.17, 15) is 18.0 Å². The molecule has 8 nitrogen and oxygen atoms in total. The Kier molecular flexibility index (Phi) is 5.78. The van der Waals surface area contributed by atoms with Gasteiger partial charge in [0.2, 0.25) is 5.91 Å². The molecule has 0 aliphatic rings. The number of nitrogens with one attached hydrogen (secondary N) is 1. The first-order chi connectivity index (χ1) is 13.7. The molecule has 1 heterocycles. The van der Waals surface area contributed by atoms with E-state index in [-0.39, 0.29) is 22.9 Å². The molecule has 29 heavy (non-hydrogen) atoms. The molecule has 0 saturated heterocycles. The first kappa shape index (κ1) is 20.7. The van der Waals surface area contributed by atoms with Crippen LogP contribution < -0.4 is 15.7 Å². The molecule has 0 bridgehead atoms. The fourth-order valence-electron chi connectivity index (χ4n) is 3.01. The van der Waals surface area contributed by atoms with Crippen LogP contribution in [0.1, 0.15) is 12.8 Å². The van der Waals surface area contributed by atoms with Crippen LogP contribution in [0.4, 0.5) is 5.69 Å². The minimum Gasteiger partial charge on any atom is -0.494 e. The first-order valence-corrected chi connectivity index (χ1v) is 10.9. The second kappa shape index (κ2) is 8.12. The predicted molar refractivity (Wildman–Crippen MR) is 111 cm³/mol. The molecule has 1 N–H and O–H groups in total. The molecule has 3 aromatic rings. The van der Waals surface area contributed by atoms with E-state index in [0.29, 0.717) is 24.5 Å². The van der Waals surface area contributed by atoms with Gasteiger partial charge in [-0.05, 0) is 48.9 Å². The average Bonchev–Trinajstić information content (AvgIpc) is 2.89. The van der Waals surface area contributed by atoms with Crippen molar-refractivity contribution in [2.24, 2.45) is 14.1 Å². The van der Waals surface area contributed by atoms with Crippen LogP contribution in [-0.2, 0) is 28.7 Å². The van der Waals surface area contributed by atoms with Crippen molar-refractivity contribution in [2.45, 2.75) is 17.7 Å². The van der Waals surface area contributed by atoms with Crippen LogP contribution in [0, 0.1) is 0 Å². The summed E-state index contributed by atoms with van der Waals surface area (Å²) in [6.07, 6.45) is 1.93. The second-order valence-corrected chi connectivity index (χ2v) is 8.86. The maximum Gasteiger partial charge on any atom is 0.328 e. The number of benzene rings is 2. The number of hydrogen-bond acceptors (Lipinski definition) is 5. The Bertz CT molecular complexity index is 1210. The molecular formula is C20H23N3O5S. The van der Waals surface area contributed by atoms with Crippen LogP contribution in [0.3, 0.4) is 0 Å². The number of sulfone groups is 1. The molecule has 0 radical (unpaired) electrons. The van der Waals surface area contributed by atoms with Gasteiger partial charge in [0, 0.05) is 32.5 Å². The summed E-state index contributed by atoms with van der Waals surface area (Å²) in [7, 11) is 0.164. The number of carbonyl (C=O) groups excluding carboxylic acids is 1. The summed E-state index contributed by atoms with van der Waals surface area (Å²) >= 11 is 0. The van der Waals surface area contributed by atoms with Gasteiger partial charge in [0.1, 0.15) is 5.75 Å². The van der Waals surface area contributed by atoms with E-state index in [2.05, 4.69) is 5.32 Å². The SMILES string of the molecule is Cn1c(=O)n(C)c2cc(NC(=O)CCCOc3ccc(S(C)(=O)=O)cc3)ccc21. The molecule has 2 aromatic carbocycles. The number of aryl methyl sites for hydroxylation is 2. The van der Waals surface area contributed by atoms with Crippen LogP contribution in [0.2, 0.25) is 0 Å². The molecule has 0 aliphatic carbocycles. The molecule has 3 rings (SSSR count). The van der Waals surface area contributed by atoms with Crippen molar-refractivity contribution in [1.82, 2.24) is 9.13 Å². The van der Waals surface area contributed by atoms with Crippen molar-refractivity contribution in [2.75, 3.05) is 18.2 Å². The van der Waals surface area contributed by atoms with Gasteiger partial charge in [-0.15, -0.1) is 0 Å². The van der Waals surface area contributed by atoms with Gasteiger partial charge in [0.25, 0.3) is 0 Å². The first-order valence-electron chi connectivity index (χ1n) is 9.05. The zero-order valence-corrected chi connectivity index (χ0v) is 17.3. The van der Waals surface area contributed by atoms with E-state index < -0.39 is 9.84 Å². The van der Waals surface area contributed by atoms with E-state index in [4.69, 9.17) is 4.74 Å². The number of imidazole rings is 1. The summed E-state index contributed by atoms with van der Waals surface area (Å²) < 4.78 is 31.5. The average molecular weight is 417 g/mol. The highest BCUT2D eigenvalue weighted by molar-refractivity contribution is 7.90. The number of anilines is 1. The zero-order chi connectivity index (χ0) is 21.2. The minimum atomic E-state index is -3.23. The maximum absolute atomic E-state index is 12.2. The lowest BCUT2D eigenvalue weighted by Gasteiger charge is -2.08. The Labute approximate surface area is 168 Å². The summed E-state index contributed by atoms with van der Waals surface area (Å²) in [6, 6.07) is 11.5. The van der Waals surface area contributed by atoms with Gasteiger partial charge in [-0.3, -0.25) is 13.9 Å². The topological polar surface area (TPSA) is 99.4 Å². The highest BCUT2D eigenvalue weighted by Gasteiger charge is 2.10. The highest BCUT2D eigenvalue weighted by Crippen LogP contribution is 2.18. The third-order valence-corrected chi connectivity index (χ3v) is 5.75. The lowest BCUT2D eigenvalue weighted by molar-refractivity contribution is -0.116. The summed E-state index contributed by atoms with van der Waals surface area (Å²) in [6.45, 7) is 0.331. The van der Waals surface area contributed by atoms with Crippen LogP contribution in [0.25, 0.3) is 11.0 Å². The molecule has 0 fully saturated rings. The van der Waals surface area contributed by atoms with Crippen molar-refractivity contribution in [1.29, 1.82) is 0 Å². The van der Waals surface area contributed by atoms with E-state index in [1.54, 1.807) is 49.0 Å². The van der Waals surface area contributed by atoms with E-state index >= 15 is 0 Å². The number of rotatable bonds is 7. The fourth-order valence-corrected chi connectivity index (χ4v) is 3.64. The molecule has 1 amide bonds. The Hall–Kier alpha value is -3.07. The molecule has 154 valence electrons. The number of nitrogens with zero attached hydrogens (tertiary/aromatic N) is 2. The predicted octanol–water partition coefficient (Wildman–Crippen LogP) is 2.08. The molecule has 0 atom stereocenters. The molecule has 0 saturated carbocycles. The summed E-state index contributed by atoms with van der Waals surface area (Å²) in [5.74, 6) is 0.398. The van der Waals surface area contributed by atoms with Crippen LogP contribution in [0.5, 0.6) is 5.75 Å². The van der Waals surface area contributed by atoms with Gasteiger partial charge in [-0.2, -0.15) is 0 Å². The third-order valence-electron chi connectivity index (χ3n) is 4.62. The van der Waals surface area contributed by atoms with Crippen molar-refractivity contribution in [3.8, 4) is 5.75 Å². The summed E-state index contributed by atoms with van der Waals surface area (Å²) in [5.41, 5.74) is 2.05. The number of fused-ring (bicyclic) bond motifs is 1. The van der Waals surface area contributed by atoms with Crippen molar-refractivity contribution < 1.29 is 17.9 Å². The lowest BCUT2D eigenvalue weighted by atomic mass is 10.2. The highest BCUT2D eigenvalue weighted by atomic mass is 32.2. The number of carbonyl (C=O) groups is 1. The van der Waals surface area contributed by atoms with Gasteiger partial charge in [0.05, 0.1) is 22.5 Å². The molecule has 1 aromatic heterocycles. The Morgan fingerprint density at radius 2 is 1.69 bits per heavy atom. The zero-order valence-electron chi connectivity index (χ0n) is 16.5. The number of amides is 1. The van der Waals surface area contributed by atoms with E-state index in [0.717, 1.165) is 17.3 Å². The van der Waals surface area contributed by atoms with Crippen molar-refractivity contribution in [3.05, 3.63) is 52.9 Å². The summed E-state index contributed by atoms with van der Waals surface area (Å²) in [4.78, 5) is 24.4. The standard InChI is InChI=1S/C20H23N3O5S/c1-22-17-11-6-14(13-18(17)23(2)20(22)25)21-19(24)5-4-12-28-15-7-9-16(10-8-15)29(3,26)27/h6-11,13H,4-5,12H2,1-3H3,(H,21,24). The minimum absolute atomic E-state index is 0.120. The smallest absolute Gasteiger partial charge is 0.328 e. The molecule has 0 unspecified atom stereocenters. The Morgan fingerprint density at radius 3 is 2.34 bits per heavy atom. The van der Waals surface area contributed by atoms with Gasteiger partial charge in [-0.1, -0.05) is 0 Å². The fraction of sp³-hybridized carbons (Fsp3) is 0.300. The molecular weight excluding hydrogens is 394 g/mol. The Morgan fingerprint density at radius 1 is 1.03 bits per heavy atom. The number of hydrogen-bond donors (Lipinski definition) is 1. The normalized spacial score (nSPS) is 11.6. The molecule has 0 spiro atoms. The second-order valence-electron chi connectivity index (χ2n) is 6.85. The number of aromatic nitrogens is 2. The Balaban J connectivity index is 1.51. The molecule has 9 heteroatoms. The number of ether oxygens (including phenoxy) is 1. The lowest BCUT2D eigenvalue weighted by Crippen LogP contribution is -2.19. The largest absolute Gasteiger partial charge is 0.494 e. The maximum atomic E-state index is 12.2. The van der Waals surface area contributed by atoms with Crippen LogP contribution >= 0.6 is 0 Å². The van der Waals surface area contributed by atoms with Crippen molar-refractivity contribution in [3.63, 3.8) is 0 Å². The van der Waals surface area contributed by atoms with Gasteiger partial charge < -0.3 is 10.1 Å². The monoisotopic (exact) mass is 417 g/mol. The van der Waals surface area contributed by atoms with Crippen LogP contribution in [0.15, 0.2) is 52.2 Å². The molecule has 0 aliphatic heterocycles. The van der Waals surface area contributed by atoms with Crippen molar-refractivity contribution >= 4 is 32.5 Å². The van der Waals surface area contributed by atoms with Crippen LogP contribution in [-0.4, -0.2) is 36.3 Å². The van der Waals surface area contributed by atoms with Gasteiger partial charge in [-0.25, -0.2) is 13.2 Å². The quantitative estimate of drug-likeness (QED) is 0.594. The third kappa shape index (κ3) is 4.68. The van der Waals surface area contributed by atoms with Gasteiger partial charge in [0.15, 0.2) is 9.84 Å². The van der Waals surface area contributed by atoms with Gasteiger partial charge >= 0.3 is 5.69 Å².